The van der Waals surface area contributed by atoms with Gasteiger partial charge in [-0.2, -0.15) is 0 Å². The molecule has 0 radical (unpaired) electrons. The molecule has 0 aliphatic heterocycles. The van der Waals surface area contributed by atoms with Gasteiger partial charge >= 0.3 is 0 Å². The molecule has 1 aliphatic carbocycles. The van der Waals surface area contributed by atoms with Gasteiger partial charge in [-0.15, -0.1) is 0 Å². The molecule has 3 aromatic rings. The van der Waals surface area contributed by atoms with Crippen molar-refractivity contribution in [1.82, 2.24) is 9.97 Å². The van der Waals surface area contributed by atoms with Crippen molar-refractivity contribution in [2.75, 3.05) is 5.32 Å². The Kier molecular flexibility index (Phi) is 2.30. The summed E-state index contributed by atoms with van der Waals surface area (Å²) in [6.07, 6.45) is 5.46. The maximum Gasteiger partial charge on any atom is 0.198 e. The third-order valence-electron chi connectivity index (χ3n) is 3.29. The molecule has 4 rings (SSSR count). The minimum atomic E-state index is 0.541. The molecule has 1 aliphatic rings. The van der Waals surface area contributed by atoms with E-state index >= 15 is 0 Å². The molecule has 1 saturated carbocycles. The molecule has 5 heteroatoms. The Morgan fingerprint density at radius 2 is 2.26 bits per heavy atom. The first-order valence-corrected chi connectivity index (χ1v) is 6.40. The average Bonchev–Trinajstić information content (AvgIpc) is 3.00. The molecule has 2 heterocycles. The smallest absolute Gasteiger partial charge is 0.198 e. The summed E-state index contributed by atoms with van der Waals surface area (Å²) in [7, 11) is 0. The quantitative estimate of drug-likeness (QED) is 0.774. The molecule has 0 unspecified atom stereocenters. The number of benzene rings is 1. The van der Waals surface area contributed by atoms with Gasteiger partial charge in [0, 0.05) is 17.7 Å². The second-order valence-corrected chi connectivity index (χ2v) is 4.84. The lowest BCUT2D eigenvalue weighted by molar-refractivity contribution is 0.533. The maximum atomic E-state index is 5.78. The Hall–Kier alpha value is -2.30. The van der Waals surface area contributed by atoms with Crippen LogP contribution in [0.5, 0.6) is 0 Å². The summed E-state index contributed by atoms with van der Waals surface area (Å²) < 4.78 is 10.7. The minimum Gasteiger partial charge on any atom is -0.451 e. The monoisotopic (exact) mass is 255 g/mol. The molecule has 0 bridgehead atoms. The van der Waals surface area contributed by atoms with Crippen LogP contribution >= 0.6 is 0 Å². The van der Waals surface area contributed by atoms with Gasteiger partial charge in [0.15, 0.2) is 17.9 Å². The predicted octanol–water partition coefficient (Wildman–Crippen LogP) is 3.31. The van der Waals surface area contributed by atoms with Crippen LogP contribution in [0.25, 0.3) is 11.1 Å². The van der Waals surface area contributed by atoms with Crippen LogP contribution in [0.2, 0.25) is 0 Å². The van der Waals surface area contributed by atoms with E-state index < -0.39 is 0 Å². The summed E-state index contributed by atoms with van der Waals surface area (Å²) in [5.41, 5.74) is 3.63. The zero-order valence-corrected chi connectivity index (χ0v) is 10.3. The van der Waals surface area contributed by atoms with Crippen molar-refractivity contribution < 1.29 is 8.83 Å². The van der Waals surface area contributed by atoms with Gasteiger partial charge in [0.05, 0.1) is 12.2 Å². The van der Waals surface area contributed by atoms with E-state index in [0.717, 1.165) is 28.4 Å². The fraction of sp³-hybridized carbons (Fsp3) is 0.286. The van der Waals surface area contributed by atoms with Crippen molar-refractivity contribution in [2.45, 2.75) is 25.3 Å². The predicted molar refractivity (Wildman–Crippen MR) is 69.8 cm³/mol. The van der Waals surface area contributed by atoms with E-state index in [4.69, 9.17) is 8.83 Å². The third kappa shape index (κ3) is 2.07. The number of rotatable bonds is 4. The summed E-state index contributed by atoms with van der Waals surface area (Å²) in [5, 5.41) is 3.28. The number of oxazole rings is 2. The Bertz CT molecular complexity index is 699. The van der Waals surface area contributed by atoms with Crippen molar-refractivity contribution in [2.24, 2.45) is 0 Å². The highest BCUT2D eigenvalue weighted by atomic mass is 16.3. The van der Waals surface area contributed by atoms with Gasteiger partial charge in [-0.3, -0.25) is 0 Å². The Labute approximate surface area is 109 Å². The van der Waals surface area contributed by atoms with Gasteiger partial charge in [0.2, 0.25) is 0 Å². The van der Waals surface area contributed by atoms with Gasteiger partial charge in [0.25, 0.3) is 0 Å². The van der Waals surface area contributed by atoms with E-state index in [-0.39, 0.29) is 0 Å². The molecule has 1 N–H and O–H groups in total. The molecule has 96 valence electrons. The highest BCUT2D eigenvalue weighted by Crippen LogP contribution is 2.40. The fourth-order valence-corrected chi connectivity index (χ4v) is 2.07. The number of hydrogen-bond donors (Lipinski definition) is 1. The number of nitrogens with one attached hydrogen (secondary N) is 1. The van der Waals surface area contributed by atoms with Crippen molar-refractivity contribution in [3.8, 4) is 0 Å². The second-order valence-electron chi connectivity index (χ2n) is 4.84. The van der Waals surface area contributed by atoms with Crippen molar-refractivity contribution in [3.63, 3.8) is 0 Å². The number of anilines is 1. The first kappa shape index (κ1) is 10.6. The molecule has 5 nitrogen and oxygen atoms in total. The zero-order chi connectivity index (χ0) is 12.7. The number of fused-ring (bicyclic) bond motifs is 1. The summed E-state index contributed by atoms with van der Waals surface area (Å²) in [5.74, 6) is 1.42. The van der Waals surface area contributed by atoms with Gasteiger partial charge in [-0.25, -0.2) is 9.97 Å². The first-order chi connectivity index (χ1) is 9.38. The van der Waals surface area contributed by atoms with Crippen LogP contribution in [-0.4, -0.2) is 9.97 Å². The van der Waals surface area contributed by atoms with E-state index in [1.165, 1.54) is 19.2 Å². The van der Waals surface area contributed by atoms with Crippen molar-refractivity contribution >= 4 is 16.8 Å². The molecule has 19 heavy (non-hydrogen) atoms. The van der Waals surface area contributed by atoms with E-state index in [2.05, 4.69) is 15.3 Å². The fourth-order valence-electron chi connectivity index (χ4n) is 2.07. The van der Waals surface area contributed by atoms with Crippen molar-refractivity contribution in [3.05, 3.63) is 42.4 Å². The van der Waals surface area contributed by atoms with Crippen LogP contribution in [0, 0.1) is 0 Å². The summed E-state index contributed by atoms with van der Waals surface area (Å²) in [6.45, 7) is 0.631. The normalized spacial score (nSPS) is 14.9. The lowest BCUT2D eigenvalue weighted by Crippen LogP contribution is -1.98. The van der Waals surface area contributed by atoms with E-state index in [1.54, 1.807) is 6.26 Å². The van der Waals surface area contributed by atoms with E-state index in [0.29, 0.717) is 12.5 Å². The summed E-state index contributed by atoms with van der Waals surface area (Å²) >= 11 is 0. The lowest BCUT2D eigenvalue weighted by Gasteiger charge is -2.02. The average molecular weight is 255 g/mol. The first-order valence-electron chi connectivity index (χ1n) is 6.40. The van der Waals surface area contributed by atoms with Crippen LogP contribution in [0.3, 0.4) is 0 Å². The standard InChI is InChI=1S/C14H13N3O2/c1-2-9(1)14-17-12-4-3-10(5-13(12)19-14)15-6-11-7-18-8-16-11/h3-5,7-9,15H,1-2,6H2. The molecule has 0 saturated heterocycles. The summed E-state index contributed by atoms with van der Waals surface area (Å²) in [4.78, 5) is 8.57. The molecular weight excluding hydrogens is 242 g/mol. The second kappa shape index (κ2) is 4.12. The highest BCUT2D eigenvalue weighted by Gasteiger charge is 2.28. The van der Waals surface area contributed by atoms with Gasteiger partial charge in [0.1, 0.15) is 11.8 Å². The van der Waals surface area contributed by atoms with Crippen LogP contribution in [0.1, 0.15) is 30.3 Å². The zero-order valence-electron chi connectivity index (χ0n) is 10.3. The van der Waals surface area contributed by atoms with Crippen molar-refractivity contribution in [1.29, 1.82) is 0 Å². The Balaban J connectivity index is 1.56. The molecule has 2 aromatic heterocycles. The number of nitrogens with zero attached hydrogens (tertiary/aromatic N) is 2. The number of aromatic nitrogens is 2. The molecule has 1 fully saturated rings. The van der Waals surface area contributed by atoms with Gasteiger partial charge in [-0.1, -0.05) is 0 Å². The highest BCUT2D eigenvalue weighted by molar-refractivity contribution is 5.77. The molecule has 1 aromatic carbocycles. The van der Waals surface area contributed by atoms with Crippen LogP contribution in [0.4, 0.5) is 5.69 Å². The van der Waals surface area contributed by atoms with Crippen LogP contribution < -0.4 is 5.32 Å². The topological polar surface area (TPSA) is 64.1 Å². The van der Waals surface area contributed by atoms with Gasteiger partial charge < -0.3 is 14.2 Å². The number of hydrogen-bond acceptors (Lipinski definition) is 5. The Morgan fingerprint density at radius 1 is 1.32 bits per heavy atom. The molecule has 0 spiro atoms. The van der Waals surface area contributed by atoms with Crippen LogP contribution in [-0.2, 0) is 6.54 Å². The Morgan fingerprint density at radius 3 is 3.05 bits per heavy atom. The maximum absolute atomic E-state index is 5.78. The van der Waals surface area contributed by atoms with Gasteiger partial charge in [-0.05, 0) is 25.0 Å². The van der Waals surface area contributed by atoms with E-state index in [9.17, 15) is 0 Å². The SMILES string of the molecule is c1nc(CNc2ccc3nc(C4CC4)oc3c2)co1. The van der Waals surface area contributed by atoms with E-state index in [1.807, 2.05) is 18.2 Å². The largest absolute Gasteiger partial charge is 0.451 e. The minimum absolute atomic E-state index is 0.541. The third-order valence-corrected chi connectivity index (χ3v) is 3.29. The lowest BCUT2D eigenvalue weighted by atomic mass is 10.3. The van der Waals surface area contributed by atoms with Crippen LogP contribution in [0.15, 0.2) is 39.7 Å². The molecule has 0 amide bonds. The summed E-state index contributed by atoms with van der Waals surface area (Å²) in [6, 6.07) is 5.96. The molecular formula is C14H13N3O2. The molecule has 0 atom stereocenters.